The molecule has 0 atom stereocenters. The fraction of sp³-hybridized carbons (Fsp3) is 0.250. The van der Waals surface area contributed by atoms with E-state index < -0.39 is 61.8 Å². The molecule has 86 heavy (non-hydrogen) atoms. The van der Waals surface area contributed by atoms with Gasteiger partial charge in [0.25, 0.3) is 30.4 Å². The highest BCUT2D eigenvalue weighted by atomic mass is 35.5. The van der Waals surface area contributed by atoms with Crippen molar-refractivity contribution in [2.45, 2.75) is 19.6 Å². The Morgan fingerprint density at radius 1 is 0.570 bits per heavy atom. The van der Waals surface area contributed by atoms with E-state index in [-0.39, 0.29) is 138 Å². The van der Waals surface area contributed by atoms with Crippen molar-refractivity contribution in [3.8, 4) is 23.0 Å². The van der Waals surface area contributed by atoms with E-state index in [1.165, 1.54) is 72.8 Å². The van der Waals surface area contributed by atoms with Gasteiger partial charge >= 0.3 is 10.1 Å². The van der Waals surface area contributed by atoms with Crippen LogP contribution in [0, 0.1) is 0 Å². The van der Waals surface area contributed by atoms with Gasteiger partial charge in [-0.1, -0.05) is 35.3 Å². The Bertz CT molecular complexity index is 4510. The van der Waals surface area contributed by atoms with Gasteiger partial charge in [-0.2, -0.15) is 63.6 Å². The summed E-state index contributed by atoms with van der Waals surface area (Å²) in [6, 6.07) is 16.0. The predicted octanol–water partition coefficient (Wildman–Crippen LogP) is 5.14. The second-order valence-corrected chi connectivity index (χ2v) is 25.0. The first kappa shape index (κ1) is 59.6. The van der Waals surface area contributed by atoms with E-state index >= 15 is 0 Å². The fourth-order valence-electron chi connectivity index (χ4n) is 9.01. The van der Waals surface area contributed by atoms with E-state index in [0.717, 1.165) is 0 Å². The first-order valence-electron chi connectivity index (χ1n) is 25.4. The summed E-state index contributed by atoms with van der Waals surface area (Å²) in [6.45, 7) is 3.26. The Balaban J connectivity index is 0.831. The van der Waals surface area contributed by atoms with E-state index in [9.17, 15) is 51.9 Å². The second kappa shape index (κ2) is 24.0. The van der Waals surface area contributed by atoms with Gasteiger partial charge in [0.2, 0.25) is 35.7 Å². The molecule has 0 bridgehead atoms. The molecule has 32 nitrogen and oxygen atoms in total. The third-order valence-corrected chi connectivity index (χ3v) is 17.1. The maximum Gasteiger partial charge on any atom is 0.300 e. The highest BCUT2D eigenvalue weighted by molar-refractivity contribution is 7.86. The van der Waals surface area contributed by atoms with Gasteiger partial charge in [-0.05, 0) is 60.7 Å². The van der Waals surface area contributed by atoms with Gasteiger partial charge in [0.15, 0.2) is 32.6 Å². The van der Waals surface area contributed by atoms with Crippen molar-refractivity contribution in [3.05, 3.63) is 88.2 Å². The summed E-state index contributed by atoms with van der Waals surface area (Å²) < 4.78 is 164. The first-order valence-corrected chi connectivity index (χ1v) is 31.9. The van der Waals surface area contributed by atoms with Crippen molar-refractivity contribution in [1.82, 2.24) is 34.9 Å². The number of benzene rings is 5. The van der Waals surface area contributed by atoms with E-state index in [1.807, 2.05) is 9.80 Å². The van der Waals surface area contributed by atoms with Crippen LogP contribution in [-0.2, 0) is 49.9 Å². The van der Waals surface area contributed by atoms with Crippen molar-refractivity contribution >= 4 is 139 Å². The van der Waals surface area contributed by atoms with Crippen LogP contribution < -0.4 is 51.8 Å². The van der Waals surface area contributed by atoms with Gasteiger partial charge in [-0.15, -0.1) is 0 Å². The number of rotatable bonds is 19. The Morgan fingerprint density at radius 2 is 1.10 bits per heavy atom. The lowest BCUT2D eigenvalue weighted by atomic mass is 10.1. The number of hydrogen-bond acceptors (Lipinski definition) is 28. The molecule has 0 radical (unpaired) electrons. The van der Waals surface area contributed by atoms with Crippen LogP contribution in [0.2, 0.25) is 10.0 Å². The minimum atomic E-state index is -5.14. The van der Waals surface area contributed by atoms with Crippen LogP contribution in [0.25, 0.3) is 22.6 Å². The smallest absolute Gasteiger partial charge is 0.300 e. The third-order valence-electron chi connectivity index (χ3n) is 12.9. The third kappa shape index (κ3) is 13.1. The monoisotopic (exact) mass is 1300 g/mol. The summed E-state index contributed by atoms with van der Waals surface area (Å²) in [5.41, 5.74) is -0.381. The topological polar surface area (TPSA) is 440 Å². The number of aromatic nitrogens is 7. The van der Waals surface area contributed by atoms with Gasteiger partial charge in [-0.25, -0.2) is 4.98 Å². The summed E-state index contributed by atoms with van der Waals surface area (Å²) >= 11 is 13.9. The van der Waals surface area contributed by atoms with Crippen LogP contribution in [0.4, 0.5) is 64.1 Å². The molecule has 2 saturated heterocycles. The average Bonchev–Trinajstić information content (AvgIpc) is 0.824. The standard InChI is InChI=1S/C48H46Cl2N16O16S4/c49-33-36-40(82-38-30(58-36)8-10-32(42(38)86(76,77)78)52-12-14-54-44-60-46(64-48(62-44)66-17-21-80-22-18-66)56-26-4-2-6-28(24-26)84(70,71)72)34(50)35-39(33)81-37-29(57-35)7-9-31(41(37)85(73,74)75)51-11-13-53-43-59-45(63-47(61-43)65-15-19-79-20-16-65)55-25-3-1-5-27(23-25)83(67,68)69/h1-10,23-24,51,57H,11-22H2,(H,67,68,69)(H,70,71,72)(H,73,74,75)(H,76,77,78)(H2,53,55,59,61,63)(H2,54,56,60,62,64). The molecular weight excluding hydrogens is 1260 g/mol. The Hall–Kier alpha value is -8.14. The molecule has 5 aliphatic rings. The molecule has 0 spiro atoms. The van der Waals surface area contributed by atoms with E-state index in [2.05, 4.69) is 71.8 Å². The number of nitrogens with zero attached hydrogens (tertiary/aromatic N) is 10. The lowest BCUT2D eigenvalue weighted by molar-refractivity contribution is 0.122. The summed E-state index contributed by atoms with van der Waals surface area (Å²) in [5, 5.41) is 17.0. The maximum absolute atomic E-state index is 13.2. The minimum Gasteiger partial charge on any atom is -0.450 e. The fourth-order valence-corrected chi connectivity index (χ4v) is 12.2. The zero-order valence-electron chi connectivity index (χ0n) is 44.0. The van der Waals surface area contributed by atoms with Gasteiger partial charge < -0.3 is 60.3 Å². The molecular formula is C48H46Cl2N16O16S4. The van der Waals surface area contributed by atoms with E-state index in [4.69, 9.17) is 41.8 Å². The summed E-state index contributed by atoms with van der Waals surface area (Å²) in [7, 11) is -19.3. The molecule has 0 unspecified atom stereocenters. The lowest BCUT2D eigenvalue weighted by Crippen LogP contribution is -2.37. The van der Waals surface area contributed by atoms with Crippen LogP contribution in [0.5, 0.6) is 11.5 Å². The number of halogens is 2. The van der Waals surface area contributed by atoms with Crippen molar-refractivity contribution in [1.29, 1.82) is 0 Å². The SMILES string of the molecule is O=S(=O)(O)c1cccc(Nc2nc(NCCN=c3ccc4nc5c(Cl)c6c(c(Cl)c5oc-4c3S(=O)(=O)O)Nc3ccc(NCCNc4nc(Nc5cccc(S(=O)(=O)O)c5)nc(N5CCOCC5)n4)c(S(=O)(=O)O)c3O6)nc(N3CCOCC3)n2)c1. The number of fused-ring (bicyclic) bond motifs is 4. The number of ether oxygens (including phenoxy) is 3. The molecule has 6 aromatic rings. The molecule has 4 aliphatic heterocycles. The normalized spacial score (nSPS) is 14.9. The van der Waals surface area contributed by atoms with Crippen molar-refractivity contribution < 1.29 is 70.5 Å². The summed E-state index contributed by atoms with van der Waals surface area (Å²) in [5.74, 6) is -0.498. The molecule has 2 aromatic heterocycles. The highest BCUT2D eigenvalue weighted by Crippen LogP contribution is 2.55. The van der Waals surface area contributed by atoms with Gasteiger partial charge in [0.1, 0.15) is 26.9 Å². The molecule has 0 saturated carbocycles. The minimum absolute atomic E-state index is 0.00777. The van der Waals surface area contributed by atoms with Crippen molar-refractivity contribution in [3.63, 3.8) is 0 Å². The number of anilines is 11. The number of hydrogen-bond donors (Lipinski definition) is 10. The molecule has 4 aromatic carbocycles. The van der Waals surface area contributed by atoms with Crippen molar-refractivity contribution in [2.75, 3.05) is 120 Å². The summed E-state index contributed by atoms with van der Waals surface area (Å²) in [6.07, 6.45) is 0. The van der Waals surface area contributed by atoms with Crippen LogP contribution in [0.3, 0.4) is 0 Å². The molecule has 1 aliphatic carbocycles. The first-order chi connectivity index (χ1) is 40.9. The summed E-state index contributed by atoms with van der Waals surface area (Å²) in [4.78, 5) is 37.2. The molecule has 2 fully saturated rings. The lowest BCUT2D eigenvalue weighted by Gasteiger charge is -2.27. The second-order valence-electron chi connectivity index (χ2n) is 18.7. The number of nitrogens with one attached hydrogen (secondary N) is 6. The van der Waals surface area contributed by atoms with E-state index in [0.29, 0.717) is 52.6 Å². The molecule has 0 amide bonds. The number of morpholine rings is 2. The van der Waals surface area contributed by atoms with Gasteiger partial charge in [0, 0.05) is 57.2 Å². The van der Waals surface area contributed by atoms with E-state index in [1.54, 1.807) is 0 Å². The van der Waals surface area contributed by atoms with Crippen LogP contribution >= 0.6 is 23.2 Å². The molecule has 38 heteroatoms. The average molecular weight is 1300 g/mol. The zero-order chi connectivity index (χ0) is 60.7. The highest BCUT2D eigenvalue weighted by Gasteiger charge is 2.35. The van der Waals surface area contributed by atoms with Gasteiger partial charge in [-0.3, -0.25) is 23.2 Å². The zero-order valence-corrected chi connectivity index (χ0v) is 48.7. The Morgan fingerprint density at radius 3 is 1.65 bits per heavy atom. The molecule has 452 valence electrons. The van der Waals surface area contributed by atoms with Crippen molar-refractivity contribution in [2.24, 2.45) is 4.99 Å². The van der Waals surface area contributed by atoms with Crippen LogP contribution in [0.15, 0.2) is 102 Å². The van der Waals surface area contributed by atoms with Crippen LogP contribution in [-0.4, -0.2) is 166 Å². The quantitative estimate of drug-likeness (QED) is 0.0284. The maximum atomic E-state index is 13.2. The van der Waals surface area contributed by atoms with Crippen LogP contribution in [0.1, 0.15) is 0 Å². The predicted molar refractivity (Wildman–Crippen MR) is 311 cm³/mol. The Kier molecular flexibility index (Phi) is 16.6. The molecule has 10 N–H and O–H groups in total. The molecule has 6 heterocycles. The molecule has 11 rings (SSSR count). The van der Waals surface area contributed by atoms with Gasteiger partial charge in [0.05, 0.1) is 59.5 Å². The Labute approximate surface area is 497 Å². The largest absolute Gasteiger partial charge is 0.450 e.